The molecule has 0 spiro atoms. The molecule has 1 saturated heterocycles. The van der Waals surface area contributed by atoms with Gasteiger partial charge in [-0.05, 0) is 24.1 Å². The normalized spacial score (nSPS) is 31.6. The average Bonchev–Trinajstić information content (AvgIpc) is 3.53. The molecule has 5 heterocycles. The predicted molar refractivity (Wildman–Crippen MR) is 132 cm³/mol. The van der Waals surface area contributed by atoms with Crippen molar-refractivity contribution in [1.82, 2.24) is 9.88 Å². The van der Waals surface area contributed by atoms with Crippen LogP contribution in [0.15, 0.2) is 29.3 Å². The summed E-state index contributed by atoms with van der Waals surface area (Å²) in [6, 6.07) is 0. The summed E-state index contributed by atoms with van der Waals surface area (Å²) >= 11 is 0. The second kappa shape index (κ2) is 7.70. The Kier molecular flexibility index (Phi) is 4.70. The van der Waals surface area contributed by atoms with E-state index in [4.69, 9.17) is 4.74 Å². The summed E-state index contributed by atoms with van der Waals surface area (Å²) in [5.74, 6) is -0.829. The number of fused-ring (bicyclic) bond motifs is 9. The Morgan fingerprint density at radius 2 is 1.89 bits per heavy atom. The van der Waals surface area contributed by atoms with Gasteiger partial charge in [-0.2, -0.15) is 0 Å². The molecule has 1 aromatic carbocycles. The summed E-state index contributed by atoms with van der Waals surface area (Å²) < 4.78 is 5.97. The van der Waals surface area contributed by atoms with Crippen LogP contribution in [0.4, 0.5) is 5.69 Å². The molecule has 5 N–H and O–H groups in total. The van der Waals surface area contributed by atoms with Gasteiger partial charge in [0.1, 0.15) is 30.6 Å². The van der Waals surface area contributed by atoms with Gasteiger partial charge in [-0.15, -0.1) is 0 Å². The van der Waals surface area contributed by atoms with Crippen molar-refractivity contribution in [3.63, 3.8) is 0 Å². The second-order valence-corrected chi connectivity index (χ2v) is 9.82. The number of aromatic amines is 1. The van der Waals surface area contributed by atoms with E-state index >= 15 is 0 Å². The van der Waals surface area contributed by atoms with E-state index < -0.39 is 55.2 Å². The van der Waals surface area contributed by atoms with Crippen molar-refractivity contribution in [1.29, 1.82) is 0 Å². The Morgan fingerprint density at radius 3 is 2.68 bits per heavy atom. The van der Waals surface area contributed by atoms with Gasteiger partial charge in [-0.3, -0.25) is 19.5 Å². The van der Waals surface area contributed by atoms with Gasteiger partial charge in [-0.25, -0.2) is 0 Å². The maximum absolute atomic E-state index is 13.5. The molecule has 7 rings (SSSR count). The van der Waals surface area contributed by atoms with Crippen molar-refractivity contribution in [2.75, 3.05) is 18.6 Å². The highest BCUT2D eigenvalue weighted by Gasteiger charge is 2.51. The van der Waals surface area contributed by atoms with Crippen LogP contribution >= 0.6 is 0 Å². The number of amides is 2. The third kappa shape index (κ3) is 2.75. The van der Waals surface area contributed by atoms with Crippen molar-refractivity contribution in [2.24, 2.45) is 4.99 Å². The Morgan fingerprint density at radius 1 is 1.11 bits per heavy atom. The molecule has 6 atom stereocenters. The molecule has 1 aliphatic carbocycles. The Balaban J connectivity index is 1.59. The van der Waals surface area contributed by atoms with Crippen molar-refractivity contribution >= 4 is 46.3 Å². The molecule has 2 amide bonds. The summed E-state index contributed by atoms with van der Waals surface area (Å²) in [6.07, 6.45) is 3.67. The maximum Gasteiger partial charge on any atom is 0.262 e. The van der Waals surface area contributed by atoms with Gasteiger partial charge in [0, 0.05) is 34.8 Å². The molecule has 1 unspecified atom stereocenters. The number of aromatic nitrogens is 1. The number of aliphatic hydroxyl groups excluding tert-OH is 4. The number of hydrogen-bond donors (Lipinski definition) is 5. The lowest BCUT2D eigenvalue weighted by molar-refractivity contribution is -0.229. The van der Waals surface area contributed by atoms with Gasteiger partial charge in [0.25, 0.3) is 11.8 Å². The Bertz CT molecular complexity index is 1620. The summed E-state index contributed by atoms with van der Waals surface area (Å²) in [4.78, 5) is 37.7. The number of carbonyl (C=O) groups excluding carboxylic acids is 2. The van der Waals surface area contributed by atoms with Gasteiger partial charge in [0.15, 0.2) is 6.23 Å². The second-order valence-electron chi connectivity index (χ2n) is 9.82. The molecule has 5 aliphatic rings. The van der Waals surface area contributed by atoms with E-state index in [1.807, 2.05) is 18.2 Å². The largest absolute Gasteiger partial charge is 0.394 e. The number of dihydropyridines is 1. The minimum absolute atomic E-state index is 0.264. The number of nitrogens with one attached hydrogen (secondary N) is 1. The number of benzene rings is 1. The van der Waals surface area contributed by atoms with E-state index in [2.05, 4.69) is 9.98 Å². The first-order valence-electron chi connectivity index (χ1n) is 12.1. The standard InChI is InChI=1S/C26H24N4O7/c1-29-24(35)16-14-10-5-2-3-7-12(10)28-18(14)19-15(17(16)25(29)36)11-6-4-8-27-23(11)30(19)26-22(34)21(33)20(32)13(9-31)37-26/h2-4,6-8,13,20-23,26,28,31-34H,5,9H2,1H3/t13-,20-,21+,22-,23?,26-/m1/s1. The third-order valence-corrected chi connectivity index (χ3v) is 7.94. The van der Waals surface area contributed by atoms with Crippen LogP contribution in [-0.4, -0.2) is 98.8 Å². The van der Waals surface area contributed by atoms with Crippen molar-refractivity contribution in [3.8, 4) is 0 Å². The highest BCUT2D eigenvalue weighted by atomic mass is 16.6. The summed E-state index contributed by atoms with van der Waals surface area (Å²) in [6.45, 7) is -0.582. The fraction of sp³-hybridized carbons (Fsp3) is 0.346. The summed E-state index contributed by atoms with van der Waals surface area (Å²) in [7, 11) is 1.45. The topological polar surface area (TPSA) is 159 Å². The smallest absolute Gasteiger partial charge is 0.262 e. The highest BCUT2D eigenvalue weighted by Crippen LogP contribution is 2.42. The van der Waals surface area contributed by atoms with Gasteiger partial charge in [-0.1, -0.05) is 18.2 Å². The number of H-pyrrole nitrogens is 1. The average molecular weight is 504 g/mol. The molecule has 0 saturated carbocycles. The molecule has 11 heteroatoms. The van der Waals surface area contributed by atoms with Crippen LogP contribution in [0.2, 0.25) is 0 Å². The van der Waals surface area contributed by atoms with E-state index in [0.29, 0.717) is 39.4 Å². The molecule has 11 nitrogen and oxygen atoms in total. The minimum Gasteiger partial charge on any atom is -0.394 e. The summed E-state index contributed by atoms with van der Waals surface area (Å²) in [5, 5.41) is 43.8. The molecule has 0 radical (unpaired) electrons. The minimum atomic E-state index is -1.60. The van der Waals surface area contributed by atoms with Crippen LogP contribution in [0.25, 0.3) is 22.6 Å². The molecule has 1 fully saturated rings. The first-order chi connectivity index (χ1) is 17.8. The quantitative estimate of drug-likeness (QED) is 0.295. The number of hydrogen-bond acceptors (Lipinski definition) is 9. The number of anilines is 1. The zero-order chi connectivity index (χ0) is 25.7. The monoisotopic (exact) mass is 504 g/mol. The summed E-state index contributed by atoms with van der Waals surface area (Å²) in [5.41, 5.74) is 3.19. The van der Waals surface area contributed by atoms with Gasteiger partial charge in [0.05, 0.1) is 28.9 Å². The number of aliphatic hydroxyl groups is 4. The molecule has 190 valence electrons. The van der Waals surface area contributed by atoms with Crippen LogP contribution in [0, 0.1) is 0 Å². The van der Waals surface area contributed by atoms with E-state index in [1.54, 1.807) is 23.3 Å². The lowest BCUT2D eigenvalue weighted by Gasteiger charge is -2.46. The van der Waals surface area contributed by atoms with Crippen LogP contribution in [-0.2, 0) is 11.2 Å². The van der Waals surface area contributed by atoms with Gasteiger partial charge < -0.3 is 35.0 Å². The first-order valence-corrected chi connectivity index (χ1v) is 12.1. The van der Waals surface area contributed by atoms with E-state index in [1.165, 1.54) is 7.05 Å². The molecule has 1 aromatic heterocycles. The van der Waals surface area contributed by atoms with E-state index in [-0.39, 0.29) is 5.56 Å². The van der Waals surface area contributed by atoms with Crippen molar-refractivity contribution in [3.05, 3.63) is 51.6 Å². The number of rotatable bonds is 2. The van der Waals surface area contributed by atoms with Crippen LogP contribution < -0.4 is 15.5 Å². The number of nitrogens with zero attached hydrogens (tertiary/aromatic N) is 3. The lowest BCUT2D eigenvalue weighted by atomic mass is 9.94. The van der Waals surface area contributed by atoms with E-state index in [9.17, 15) is 30.0 Å². The number of carbonyl (C=O) groups is 2. The number of aliphatic imine (C=N–C) groups is 1. The number of imide groups is 1. The Labute approximate surface area is 209 Å². The lowest BCUT2D eigenvalue weighted by Crippen LogP contribution is -2.64. The molecule has 4 aliphatic heterocycles. The number of allylic oxidation sites excluding steroid dienone is 3. The zero-order valence-electron chi connectivity index (χ0n) is 19.7. The highest BCUT2D eigenvalue weighted by molar-refractivity contribution is 6.29. The number of ether oxygens (including phenoxy) is 1. The molecule has 0 bridgehead atoms. The molecule has 2 aromatic rings. The van der Waals surface area contributed by atoms with Crippen molar-refractivity contribution < 1.29 is 34.8 Å². The van der Waals surface area contributed by atoms with Gasteiger partial charge >= 0.3 is 0 Å². The molecule has 37 heavy (non-hydrogen) atoms. The van der Waals surface area contributed by atoms with Crippen LogP contribution in [0.5, 0.6) is 0 Å². The van der Waals surface area contributed by atoms with Crippen molar-refractivity contribution in [2.45, 2.75) is 43.2 Å². The fourth-order valence-corrected chi connectivity index (χ4v) is 6.18. The molecular formula is C26H24N4O7. The first kappa shape index (κ1) is 22.6. The SMILES string of the molecule is CN1C(=O)c2c(c3c4c([nH]c3c3c2=C2C=CC=NC2N3[C@@H]2O[C@H](CO)[C@@H](O)[C@H](O)[C@H]2O)=CC=CC4)C1=O. The maximum atomic E-state index is 13.5. The van der Waals surface area contributed by atoms with E-state index in [0.717, 1.165) is 15.8 Å². The zero-order valence-corrected chi connectivity index (χ0v) is 19.7. The predicted octanol–water partition coefficient (Wildman–Crippen LogP) is -1.98. The van der Waals surface area contributed by atoms with Crippen LogP contribution in [0.3, 0.4) is 0 Å². The van der Waals surface area contributed by atoms with Gasteiger partial charge in [0.2, 0.25) is 0 Å². The fourth-order valence-electron chi connectivity index (χ4n) is 6.18. The molecular weight excluding hydrogens is 480 g/mol. The van der Waals surface area contributed by atoms with Crippen LogP contribution in [0.1, 0.15) is 26.3 Å². The Hall–Kier alpha value is -3.61. The third-order valence-electron chi connectivity index (χ3n) is 7.94.